The molecule has 0 fully saturated rings. The Balaban J connectivity index is 2.24. The Labute approximate surface area is 121 Å². The van der Waals surface area contributed by atoms with Crippen molar-refractivity contribution in [1.29, 1.82) is 0 Å². The quantitative estimate of drug-likeness (QED) is 0.876. The first-order chi connectivity index (χ1) is 9.13. The lowest BCUT2D eigenvalue weighted by atomic mass is 10.1. The SMILES string of the molecule is CCc1nnsc1C(=O)Nc1ccccc1C(C)Cl. The Morgan fingerprint density at radius 1 is 1.47 bits per heavy atom. The van der Waals surface area contributed by atoms with Crippen molar-refractivity contribution in [2.75, 3.05) is 5.32 Å². The zero-order valence-corrected chi connectivity index (χ0v) is 12.3. The van der Waals surface area contributed by atoms with Crippen LogP contribution in [0.25, 0.3) is 0 Å². The minimum Gasteiger partial charge on any atom is -0.321 e. The van der Waals surface area contributed by atoms with Crippen LogP contribution in [0.1, 0.15) is 40.2 Å². The van der Waals surface area contributed by atoms with Crippen molar-refractivity contribution in [2.45, 2.75) is 25.6 Å². The fourth-order valence-electron chi connectivity index (χ4n) is 1.75. The molecule has 0 bridgehead atoms. The average molecular weight is 296 g/mol. The lowest BCUT2D eigenvalue weighted by Crippen LogP contribution is -2.13. The number of carbonyl (C=O) groups is 1. The molecule has 0 saturated heterocycles. The molecule has 0 aliphatic rings. The summed E-state index contributed by atoms with van der Waals surface area (Å²) in [6.07, 6.45) is 0.687. The molecule has 0 aliphatic carbocycles. The van der Waals surface area contributed by atoms with Gasteiger partial charge in [0, 0.05) is 5.69 Å². The van der Waals surface area contributed by atoms with Crippen molar-refractivity contribution in [2.24, 2.45) is 0 Å². The topological polar surface area (TPSA) is 54.9 Å². The molecule has 1 atom stereocenters. The van der Waals surface area contributed by atoms with Crippen LogP contribution < -0.4 is 5.32 Å². The Bertz CT molecular complexity index is 583. The largest absolute Gasteiger partial charge is 0.321 e. The van der Waals surface area contributed by atoms with Crippen LogP contribution >= 0.6 is 23.1 Å². The Morgan fingerprint density at radius 2 is 2.21 bits per heavy atom. The molecule has 1 unspecified atom stereocenters. The van der Waals surface area contributed by atoms with Gasteiger partial charge in [0.1, 0.15) is 4.88 Å². The maximum absolute atomic E-state index is 12.2. The molecule has 19 heavy (non-hydrogen) atoms. The first-order valence-electron chi connectivity index (χ1n) is 5.99. The Morgan fingerprint density at radius 3 is 2.89 bits per heavy atom. The third kappa shape index (κ3) is 3.11. The summed E-state index contributed by atoms with van der Waals surface area (Å²) in [5.74, 6) is -0.184. The molecule has 0 radical (unpaired) electrons. The first kappa shape index (κ1) is 14.0. The number of carbonyl (C=O) groups excluding carboxylic acids is 1. The van der Waals surface area contributed by atoms with Crippen LogP contribution in [0.2, 0.25) is 0 Å². The lowest BCUT2D eigenvalue weighted by Gasteiger charge is -2.11. The Hall–Kier alpha value is -1.46. The molecular weight excluding hydrogens is 282 g/mol. The summed E-state index contributed by atoms with van der Waals surface area (Å²) in [4.78, 5) is 12.8. The van der Waals surface area contributed by atoms with E-state index in [-0.39, 0.29) is 11.3 Å². The van der Waals surface area contributed by atoms with E-state index in [0.717, 1.165) is 28.5 Å². The zero-order chi connectivity index (χ0) is 13.8. The van der Waals surface area contributed by atoms with Gasteiger partial charge < -0.3 is 5.32 Å². The van der Waals surface area contributed by atoms with Gasteiger partial charge >= 0.3 is 0 Å². The smallest absolute Gasteiger partial charge is 0.269 e. The average Bonchev–Trinajstić information content (AvgIpc) is 2.87. The van der Waals surface area contributed by atoms with Crippen LogP contribution in [0.3, 0.4) is 0 Å². The van der Waals surface area contributed by atoms with Crippen LogP contribution in [0.5, 0.6) is 0 Å². The van der Waals surface area contributed by atoms with Gasteiger partial charge in [-0.25, -0.2) is 0 Å². The highest BCUT2D eigenvalue weighted by Crippen LogP contribution is 2.27. The minimum absolute atomic E-state index is 0.165. The normalized spacial score (nSPS) is 12.2. The molecule has 100 valence electrons. The van der Waals surface area contributed by atoms with Gasteiger partial charge in [0.05, 0.1) is 11.1 Å². The highest BCUT2D eigenvalue weighted by Gasteiger charge is 2.17. The van der Waals surface area contributed by atoms with Gasteiger partial charge in [0.15, 0.2) is 0 Å². The van der Waals surface area contributed by atoms with E-state index in [2.05, 4.69) is 14.9 Å². The predicted octanol–water partition coefficient (Wildman–Crippen LogP) is 3.65. The molecule has 1 aromatic carbocycles. The number of hydrogen-bond acceptors (Lipinski definition) is 4. The van der Waals surface area contributed by atoms with Crippen LogP contribution in [-0.4, -0.2) is 15.5 Å². The number of benzene rings is 1. The number of anilines is 1. The Kier molecular flexibility index (Phi) is 4.50. The molecule has 1 N–H and O–H groups in total. The first-order valence-corrected chi connectivity index (χ1v) is 7.20. The number of nitrogens with zero attached hydrogens (tertiary/aromatic N) is 2. The van der Waals surface area contributed by atoms with Crippen LogP contribution in [0.4, 0.5) is 5.69 Å². The second kappa shape index (κ2) is 6.12. The van der Waals surface area contributed by atoms with E-state index in [9.17, 15) is 4.79 Å². The second-order valence-electron chi connectivity index (χ2n) is 4.06. The molecule has 6 heteroatoms. The molecule has 1 heterocycles. The fourth-order valence-corrected chi connectivity index (χ4v) is 2.58. The maximum Gasteiger partial charge on any atom is 0.269 e. The monoisotopic (exact) mass is 295 g/mol. The van der Waals surface area contributed by atoms with Crippen molar-refractivity contribution in [3.8, 4) is 0 Å². The molecule has 0 spiro atoms. The molecule has 2 rings (SSSR count). The van der Waals surface area contributed by atoms with Crippen molar-refractivity contribution in [1.82, 2.24) is 9.59 Å². The summed E-state index contributed by atoms with van der Waals surface area (Å²) in [5.41, 5.74) is 2.34. The number of aromatic nitrogens is 2. The van der Waals surface area contributed by atoms with Gasteiger partial charge in [-0.2, -0.15) is 0 Å². The van der Waals surface area contributed by atoms with Gasteiger partial charge in [0.2, 0.25) is 0 Å². The summed E-state index contributed by atoms with van der Waals surface area (Å²) in [7, 11) is 0. The van der Waals surface area contributed by atoms with Crippen molar-refractivity contribution < 1.29 is 4.79 Å². The van der Waals surface area contributed by atoms with E-state index in [1.165, 1.54) is 0 Å². The van der Waals surface area contributed by atoms with Gasteiger partial charge in [-0.1, -0.05) is 29.6 Å². The van der Waals surface area contributed by atoms with E-state index in [4.69, 9.17) is 11.6 Å². The predicted molar refractivity (Wildman–Crippen MR) is 78.0 cm³/mol. The number of nitrogens with one attached hydrogen (secondary N) is 1. The minimum atomic E-state index is -0.184. The van der Waals surface area contributed by atoms with Crippen LogP contribution in [0.15, 0.2) is 24.3 Å². The van der Waals surface area contributed by atoms with E-state index in [1.54, 1.807) is 0 Å². The number of hydrogen-bond donors (Lipinski definition) is 1. The number of aryl methyl sites for hydroxylation is 1. The third-order valence-corrected chi connectivity index (χ3v) is 3.74. The van der Waals surface area contributed by atoms with Crippen molar-refractivity contribution >= 4 is 34.7 Å². The van der Waals surface area contributed by atoms with E-state index >= 15 is 0 Å². The van der Waals surface area contributed by atoms with Crippen LogP contribution in [0, 0.1) is 0 Å². The van der Waals surface area contributed by atoms with Crippen molar-refractivity contribution in [3.05, 3.63) is 40.4 Å². The summed E-state index contributed by atoms with van der Waals surface area (Å²) in [5, 5.41) is 6.65. The van der Waals surface area contributed by atoms with E-state index in [0.29, 0.717) is 11.3 Å². The molecule has 2 aromatic rings. The number of amides is 1. The molecular formula is C13H14ClN3OS. The summed E-state index contributed by atoms with van der Waals surface area (Å²) < 4.78 is 3.82. The molecule has 4 nitrogen and oxygen atoms in total. The van der Waals surface area contributed by atoms with E-state index in [1.807, 2.05) is 38.1 Å². The van der Waals surface area contributed by atoms with Gasteiger partial charge in [-0.15, -0.1) is 16.7 Å². The van der Waals surface area contributed by atoms with Gasteiger partial charge in [0.25, 0.3) is 5.91 Å². The number of halogens is 1. The number of rotatable bonds is 4. The molecule has 0 saturated carbocycles. The standard InChI is InChI=1S/C13H14ClN3OS/c1-3-10-12(19-17-16-10)13(18)15-11-7-5-4-6-9(11)8(2)14/h4-8H,3H2,1-2H3,(H,15,18). The summed E-state index contributed by atoms with van der Waals surface area (Å²) >= 11 is 7.21. The third-order valence-electron chi connectivity index (χ3n) is 2.73. The van der Waals surface area contributed by atoms with Gasteiger partial charge in [-0.3, -0.25) is 4.79 Å². The van der Waals surface area contributed by atoms with Crippen molar-refractivity contribution in [3.63, 3.8) is 0 Å². The molecule has 1 amide bonds. The lowest BCUT2D eigenvalue weighted by molar-refractivity contribution is 0.102. The fraction of sp³-hybridized carbons (Fsp3) is 0.308. The van der Waals surface area contributed by atoms with Gasteiger partial charge in [-0.05, 0) is 36.5 Å². The van der Waals surface area contributed by atoms with E-state index < -0.39 is 0 Å². The zero-order valence-electron chi connectivity index (χ0n) is 10.7. The number of para-hydroxylation sites is 1. The second-order valence-corrected chi connectivity index (χ2v) is 5.47. The maximum atomic E-state index is 12.2. The highest BCUT2D eigenvalue weighted by atomic mass is 35.5. The summed E-state index contributed by atoms with van der Waals surface area (Å²) in [6.45, 7) is 3.82. The number of alkyl halides is 1. The molecule has 0 aliphatic heterocycles. The highest BCUT2D eigenvalue weighted by molar-refractivity contribution is 7.08. The molecule has 1 aromatic heterocycles. The summed E-state index contributed by atoms with van der Waals surface area (Å²) in [6, 6.07) is 7.50. The van der Waals surface area contributed by atoms with Crippen LogP contribution in [-0.2, 0) is 6.42 Å².